The molecule has 7 nitrogen and oxygen atoms in total. The van der Waals surface area contributed by atoms with Crippen molar-refractivity contribution in [2.24, 2.45) is 0 Å². The fraction of sp³-hybridized carbons (Fsp3) is 0.148. The van der Waals surface area contributed by atoms with Gasteiger partial charge in [0.2, 0.25) is 5.13 Å². The summed E-state index contributed by atoms with van der Waals surface area (Å²) < 4.78 is 4.61. The standard InChI is InChI=1S/C27H23N5O2S/c1-18-25-22(15-24(33)30(18)16-20-11-13-28-14-12-20)31(17-19-7-3-2-4-8-19)32(26(25)34)27-29-21-9-5-6-10-23(21)35-27/h2-15,24,33H,16-17H2,1H3. The van der Waals surface area contributed by atoms with Crippen molar-refractivity contribution in [3.63, 3.8) is 0 Å². The van der Waals surface area contributed by atoms with E-state index in [1.807, 2.05) is 83.2 Å². The summed E-state index contributed by atoms with van der Waals surface area (Å²) in [7, 11) is 0. The van der Waals surface area contributed by atoms with E-state index in [9.17, 15) is 9.90 Å². The number of aliphatic hydroxyl groups excluding tert-OH is 1. The maximum Gasteiger partial charge on any atom is 0.283 e. The molecule has 1 N–H and O–H groups in total. The molecule has 2 aromatic carbocycles. The first-order valence-electron chi connectivity index (χ1n) is 11.4. The maximum absolute atomic E-state index is 14.0. The van der Waals surface area contributed by atoms with Crippen molar-refractivity contribution in [1.82, 2.24) is 24.2 Å². The second-order valence-electron chi connectivity index (χ2n) is 8.53. The van der Waals surface area contributed by atoms with Crippen molar-refractivity contribution in [1.29, 1.82) is 0 Å². The Labute approximate surface area is 205 Å². The third kappa shape index (κ3) is 3.77. The van der Waals surface area contributed by atoms with Gasteiger partial charge >= 0.3 is 0 Å². The molecular formula is C27H23N5O2S. The highest BCUT2D eigenvalue weighted by Crippen LogP contribution is 2.24. The Morgan fingerprint density at radius 1 is 0.943 bits per heavy atom. The minimum absolute atomic E-state index is 0.143. The smallest absolute Gasteiger partial charge is 0.283 e. The first kappa shape index (κ1) is 21.5. The number of rotatable bonds is 5. The highest BCUT2D eigenvalue weighted by molar-refractivity contribution is 7.20. The molecule has 4 heterocycles. The lowest BCUT2D eigenvalue weighted by molar-refractivity contribution is 0.0923. The third-order valence-electron chi connectivity index (χ3n) is 6.34. The Balaban J connectivity index is 1.59. The van der Waals surface area contributed by atoms with Crippen molar-refractivity contribution >= 4 is 33.3 Å². The molecule has 0 fully saturated rings. The van der Waals surface area contributed by atoms with Gasteiger partial charge in [-0.05, 0) is 48.4 Å². The normalized spacial score (nSPS) is 15.3. The number of nitrogens with zero attached hydrogens (tertiary/aromatic N) is 5. The zero-order chi connectivity index (χ0) is 23.9. The van der Waals surface area contributed by atoms with Crippen molar-refractivity contribution in [3.05, 3.63) is 111 Å². The van der Waals surface area contributed by atoms with E-state index in [2.05, 4.69) is 4.98 Å². The summed E-state index contributed by atoms with van der Waals surface area (Å²) in [4.78, 5) is 24.7. The van der Waals surface area contributed by atoms with Gasteiger partial charge in [-0.25, -0.2) is 4.98 Å². The van der Waals surface area contributed by atoms with E-state index in [4.69, 9.17) is 4.98 Å². The zero-order valence-electron chi connectivity index (χ0n) is 19.1. The Bertz CT molecular complexity index is 1670. The Morgan fingerprint density at radius 2 is 1.66 bits per heavy atom. The summed E-state index contributed by atoms with van der Waals surface area (Å²) in [5.41, 5.74) is 3.51. The lowest BCUT2D eigenvalue weighted by Crippen LogP contribution is -2.49. The molecule has 5 aromatic rings. The first-order chi connectivity index (χ1) is 17.1. The van der Waals surface area contributed by atoms with Crippen LogP contribution in [0, 0.1) is 0 Å². The molecule has 1 aliphatic rings. The number of benzene rings is 2. The Kier molecular flexibility index (Phi) is 5.32. The van der Waals surface area contributed by atoms with Crippen LogP contribution in [0.3, 0.4) is 0 Å². The highest BCUT2D eigenvalue weighted by Gasteiger charge is 2.26. The van der Waals surface area contributed by atoms with Gasteiger partial charge in [0.05, 0.1) is 27.3 Å². The molecule has 0 amide bonds. The summed E-state index contributed by atoms with van der Waals surface area (Å²) >= 11 is 1.48. The molecule has 0 bridgehead atoms. The quantitative estimate of drug-likeness (QED) is 0.417. The van der Waals surface area contributed by atoms with E-state index < -0.39 is 6.23 Å². The molecule has 1 aliphatic heterocycles. The average molecular weight is 482 g/mol. The summed E-state index contributed by atoms with van der Waals surface area (Å²) in [6.07, 6.45) is 4.35. The number of fused-ring (bicyclic) bond motifs is 2. The number of hydrogen-bond acceptors (Lipinski definition) is 6. The van der Waals surface area contributed by atoms with Crippen molar-refractivity contribution in [2.45, 2.75) is 26.2 Å². The second-order valence-corrected chi connectivity index (χ2v) is 9.54. The fourth-order valence-electron chi connectivity index (χ4n) is 4.59. The van der Waals surface area contributed by atoms with Crippen LogP contribution in [0.2, 0.25) is 0 Å². The molecule has 0 saturated carbocycles. The van der Waals surface area contributed by atoms with Gasteiger partial charge in [0, 0.05) is 24.6 Å². The second kappa shape index (κ2) is 8.65. The SMILES string of the molecule is CC1=c2c(n(Cc3ccccc3)n(-c3nc4ccccc4s3)c2=O)=CC(O)N1Cc1ccncc1. The van der Waals surface area contributed by atoms with E-state index >= 15 is 0 Å². The number of para-hydroxylation sites is 1. The number of hydrogen-bond donors (Lipinski definition) is 1. The predicted octanol–water partition coefficient (Wildman–Crippen LogP) is 2.43. The fourth-order valence-corrected chi connectivity index (χ4v) is 5.57. The van der Waals surface area contributed by atoms with Gasteiger partial charge in [0.25, 0.3) is 5.56 Å². The van der Waals surface area contributed by atoms with Crippen molar-refractivity contribution in [3.8, 4) is 5.13 Å². The van der Waals surface area contributed by atoms with Gasteiger partial charge in [-0.3, -0.25) is 14.5 Å². The van der Waals surface area contributed by atoms with Crippen LogP contribution in [0.1, 0.15) is 18.1 Å². The maximum atomic E-state index is 14.0. The van der Waals surface area contributed by atoms with Crippen LogP contribution in [0.15, 0.2) is 83.9 Å². The average Bonchev–Trinajstić information content (AvgIpc) is 3.41. The molecule has 3 aromatic heterocycles. The predicted molar refractivity (Wildman–Crippen MR) is 137 cm³/mol. The zero-order valence-corrected chi connectivity index (χ0v) is 19.9. The molecule has 0 radical (unpaired) electrons. The summed E-state index contributed by atoms with van der Waals surface area (Å²) in [6, 6.07) is 21.7. The summed E-state index contributed by atoms with van der Waals surface area (Å²) in [6.45, 7) is 2.84. The minimum atomic E-state index is -0.872. The number of aliphatic hydroxyl groups is 1. The Hall–Kier alpha value is -4.01. The van der Waals surface area contributed by atoms with Crippen molar-refractivity contribution in [2.75, 3.05) is 0 Å². The van der Waals surface area contributed by atoms with Gasteiger partial charge in [-0.1, -0.05) is 53.8 Å². The van der Waals surface area contributed by atoms with Crippen LogP contribution in [-0.2, 0) is 13.1 Å². The number of pyridine rings is 1. The molecule has 1 atom stereocenters. The molecule has 0 saturated heterocycles. The van der Waals surface area contributed by atoms with E-state index in [0.717, 1.165) is 27.0 Å². The van der Waals surface area contributed by atoms with E-state index in [-0.39, 0.29) is 5.56 Å². The molecule has 1 unspecified atom stereocenters. The van der Waals surface area contributed by atoms with Crippen LogP contribution in [0.4, 0.5) is 0 Å². The van der Waals surface area contributed by atoms with Gasteiger partial charge in [-0.15, -0.1) is 0 Å². The van der Waals surface area contributed by atoms with Crippen LogP contribution < -0.4 is 16.1 Å². The lowest BCUT2D eigenvalue weighted by Gasteiger charge is -2.30. The largest absolute Gasteiger partial charge is 0.370 e. The molecule has 174 valence electrons. The number of aromatic nitrogens is 4. The molecule has 6 rings (SSSR count). The van der Waals surface area contributed by atoms with E-state index in [1.54, 1.807) is 23.2 Å². The first-order valence-corrected chi connectivity index (χ1v) is 12.2. The third-order valence-corrected chi connectivity index (χ3v) is 7.35. The van der Waals surface area contributed by atoms with Crippen LogP contribution in [0.5, 0.6) is 0 Å². The minimum Gasteiger partial charge on any atom is -0.370 e. The molecule has 0 spiro atoms. The lowest BCUT2D eigenvalue weighted by atomic mass is 10.1. The topological polar surface area (TPSA) is 76.2 Å². The van der Waals surface area contributed by atoms with Gasteiger partial charge < -0.3 is 10.0 Å². The summed E-state index contributed by atoms with van der Waals surface area (Å²) in [5.74, 6) is 0. The monoisotopic (exact) mass is 481 g/mol. The van der Waals surface area contributed by atoms with Gasteiger partial charge in [0.1, 0.15) is 6.23 Å². The molecular weight excluding hydrogens is 458 g/mol. The van der Waals surface area contributed by atoms with E-state index in [1.165, 1.54) is 11.3 Å². The van der Waals surface area contributed by atoms with E-state index in [0.29, 0.717) is 28.8 Å². The summed E-state index contributed by atoms with van der Waals surface area (Å²) in [5, 5.41) is 13.0. The Morgan fingerprint density at radius 3 is 2.43 bits per heavy atom. The number of thiazole rings is 1. The highest BCUT2D eigenvalue weighted by atomic mass is 32.1. The van der Waals surface area contributed by atoms with Crippen LogP contribution in [0.25, 0.3) is 27.1 Å². The van der Waals surface area contributed by atoms with Crippen molar-refractivity contribution < 1.29 is 5.11 Å². The van der Waals surface area contributed by atoms with Gasteiger partial charge in [-0.2, -0.15) is 4.68 Å². The van der Waals surface area contributed by atoms with Crippen LogP contribution >= 0.6 is 11.3 Å². The molecule has 35 heavy (non-hydrogen) atoms. The van der Waals surface area contributed by atoms with Gasteiger partial charge in [0.15, 0.2) is 0 Å². The molecule has 0 aliphatic carbocycles. The van der Waals surface area contributed by atoms with Crippen LogP contribution in [-0.4, -0.2) is 35.6 Å². The molecule has 8 heteroatoms.